The second-order valence-electron chi connectivity index (χ2n) is 6.50. The van der Waals surface area contributed by atoms with E-state index in [1.54, 1.807) is 25.5 Å². The van der Waals surface area contributed by atoms with Crippen molar-refractivity contribution >= 4 is 23.8 Å². The van der Waals surface area contributed by atoms with E-state index in [4.69, 9.17) is 21.1 Å². The zero-order valence-corrected chi connectivity index (χ0v) is 17.6. The number of aryl methyl sites for hydroxylation is 1. The predicted octanol–water partition coefficient (Wildman–Crippen LogP) is 4.41. The molecule has 2 N–H and O–H groups in total. The Morgan fingerprint density at radius 3 is 2.80 bits per heavy atom. The fraction of sp³-hybridized carbons (Fsp3) is 0.227. The third-order valence-electron chi connectivity index (χ3n) is 4.21. The Kier molecular flexibility index (Phi) is 7.45. The first-order valence-electron chi connectivity index (χ1n) is 9.52. The molecule has 2 aromatic carbocycles. The van der Waals surface area contributed by atoms with Gasteiger partial charge >= 0.3 is 0 Å². The Hall–Kier alpha value is -3.32. The number of hydrogen-bond donors (Lipinski definition) is 2. The molecule has 3 aromatic rings. The topological polar surface area (TPSA) is 88.6 Å². The maximum Gasteiger partial charge on any atom is 0.252 e. The van der Waals surface area contributed by atoms with E-state index in [-0.39, 0.29) is 5.56 Å². The molecule has 156 valence electrons. The average Bonchev–Trinajstić information content (AvgIpc) is 2.73. The average molecular weight is 427 g/mol. The minimum atomic E-state index is -0.215. The maximum absolute atomic E-state index is 11.7. The van der Waals surface area contributed by atoms with Crippen LogP contribution in [0.4, 0.5) is 5.95 Å². The number of nitrogens with zero attached hydrogens (tertiary/aromatic N) is 2. The minimum absolute atomic E-state index is 0.215. The van der Waals surface area contributed by atoms with Crippen LogP contribution >= 0.6 is 11.6 Å². The molecule has 0 fully saturated rings. The molecule has 0 aliphatic carbocycles. The van der Waals surface area contributed by atoms with Gasteiger partial charge in [-0.2, -0.15) is 5.10 Å². The Balaban J connectivity index is 1.67. The number of halogens is 1. The first kappa shape index (κ1) is 21.4. The van der Waals surface area contributed by atoms with Gasteiger partial charge < -0.3 is 9.47 Å². The van der Waals surface area contributed by atoms with Crippen LogP contribution in [-0.2, 0) is 13.0 Å². The van der Waals surface area contributed by atoms with Crippen molar-refractivity contribution in [2.45, 2.75) is 26.4 Å². The van der Waals surface area contributed by atoms with Gasteiger partial charge in [0.05, 0.1) is 13.3 Å². The molecule has 0 amide bonds. The summed E-state index contributed by atoms with van der Waals surface area (Å²) in [6.45, 7) is 2.36. The fourth-order valence-corrected chi connectivity index (χ4v) is 2.96. The quantitative estimate of drug-likeness (QED) is 0.391. The summed E-state index contributed by atoms with van der Waals surface area (Å²) in [6.07, 6.45) is 3.24. The molecule has 0 saturated carbocycles. The summed E-state index contributed by atoms with van der Waals surface area (Å²) in [4.78, 5) is 18.6. The van der Waals surface area contributed by atoms with E-state index in [0.717, 1.165) is 29.7 Å². The van der Waals surface area contributed by atoms with Gasteiger partial charge in [-0.05, 0) is 36.2 Å². The number of benzene rings is 2. The van der Waals surface area contributed by atoms with Crippen LogP contribution in [0.2, 0.25) is 5.02 Å². The van der Waals surface area contributed by atoms with E-state index in [1.165, 1.54) is 6.07 Å². The number of aromatic nitrogens is 2. The number of hydrogen-bond acceptors (Lipinski definition) is 6. The second-order valence-corrected chi connectivity index (χ2v) is 6.90. The Morgan fingerprint density at radius 1 is 1.20 bits per heavy atom. The summed E-state index contributed by atoms with van der Waals surface area (Å²) in [5.41, 5.74) is 4.94. The van der Waals surface area contributed by atoms with E-state index < -0.39 is 0 Å². The summed E-state index contributed by atoms with van der Waals surface area (Å²) in [6, 6.07) is 14.5. The molecule has 0 unspecified atom stereocenters. The van der Waals surface area contributed by atoms with Gasteiger partial charge in [0, 0.05) is 22.3 Å². The van der Waals surface area contributed by atoms with Gasteiger partial charge in [-0.1, -0.05) is 43.1 Å². The van der Waals surface area contributed by atoms with Crippen molar-refractivity contribution in [3.05, 3.63) is 80.7 Å². The van der Waals surface area contributed by atoms with Gasteiger partial charge in [0.2, 0.25) is 5.95 Å². The lowest BCUT2D eigenvalue weighted by Gasteiger charge is -2.12. The number of ether oxygens (including phenoxy) is 2. The van der Waals surface area contributed by atoms with Gasteiger partial charge in [-0.25, -0.2) is 10.4 Å². The predicted molar refractivity (Wildman–Crippen MR) is 119 cm³/mol. The first-order chi connectivity index (χ1) is 14.6. The third kappa shape index (κ3) is 5.84. The summed E-state index contributed by atoms with van der Waals surface area (Å²) in [5.74, 6) is 1.47. The van der Waals surface area contributed by atoms with Gasteiger partial charge in [-0.3, -0.25) is 9.78 Å². The number of methoxy groups -OCH3 is 1. The zero-order chi connectivity index (χ0) is 21.3. The lowest BCUT2D eigenvalue weighted by molar-refractivity contribution is 0.284. The van der Waals surface area contributed by atoms with E-state index in [1.807, 2.05) is 37.3 Å². The molecule has 0 spiro atoms. The van der Waals surface area contributed by atoms with Crippen LogP contribution in [0.3, 0.4) is 0 Å². The zero-order valence-electron chi connectivity index (χ0n) is 16.8. The Bertz CT molecular complexity index is 1080. The number of nitrogens with one attached hydrogen (secondary N) is 2. The third-order valence-corrected chi connectivity index (χ3v) is 4.58. The molecule has 0 radical (unpaired) electrons. The molecule has 0 saturated heterocycles. The maximum atomic E-state index is 11.7. The molecule has 0 aliphatic rings. The highest BCUT2D eigenvalue weighted by Crippen LogP contribution is 2.29. The van der Waals surface area contributed by atoms with Crippen LogP contribution in [0.1, 0.15) is 30.2 Å². The Labute approximate surface area is 179 Å². The van der Waals surface area contributed by atoms with Crippen LogP contribution in [0, 0.1) is 0 Å². The summed E-state index contributed by atoms with van der Waals surface area (Å²) < 4.78 is 11.3. The highest BCUT2D eigenvalue weighted by atomic mass is 35.5. The smallest absolute Gasteiger partial charge is 0.252 e. The summed E-state index contributed by atoms with van der Waals surface area (Å²) in [5, 5.41) is 4.80. The lowest BCUT2D eigenvalue weighted by atomic mass is 10.2. The highest BCUT2D eigenvalue weighted by Gasteiger charge is 2.07. The number of rotatable bonds is 9. The van der Waals surface area contributed by atoms with Crippen molar-refractivity contribution < 1.29 is 9.47 Å². The highest BCUT2D eigenvalue weighted by molar-refractivity contribution is 6.31. The molecule has 0 bridgehead atoms. The molecule has 0 aliphatic heterocycles. The first-order valence-corrected chi connectivity index (χ1v) is 9.90. The molecule has 0 atom stereocenters. The molecule has 1 aromatic heterocycles. The largest absolute Gasteiger partial charge is 0.493 e. The summed E-state index contributed by atoms with van der Waals surface area (Å²) in [7, 11) is 1.57. The fourth-order valence-electron chi connectivity index (χ4n) is 2.77. The van der Waals surface area contributed by atoms with Crippen molar-refractivity contribution in [1.82, 2.24) is 9.97 Å². The van der Waals surface area contributed by atoms with Crippen LogP contribution in [-0.4, -0.2) is 23.3 Å². The molecule has 1 heterocycles. The molecule has 3 rings (SSSR count). The van der Waals surface area contributed by atoms with Gasteiger partial charge in [0.25, 0.3) is 5.56 Å². The van der Waals surface area contributed by atoms with Gasteiger partial charge in [-0.15, -0.1) is 0 Å². The van der Waals surface area contributed by atoms with E-state index in [2.05, 4.69) is 20.5 Å². The van der Waals surface area contributed by atoms with Gasteiger partial charge in [0.1, 0.15) is 6.61 Å². The normalized spacial score (nSPS) is 10.9. The number of anilines is 1. The van der Waals surface area contributed by atoms with Crippen LogP contribution in [0.5, 0.6) is 11.5 Å². The van der Waals surface area contributed by atoms with Crippen molar-refractivity contribution in [3.63, 3.8) is 0 Å². The molecule has 30 heavy (non-hydrogen) atoms. The second kappa shape index (κ2) is 10.5. The minimum Gasteiger partial charge on any atom is -0.493 e. The Morgan fingerprint density at radius 2 is 2.03 bits per heavy atom. The monoisotopic (exact) mass is 426 g/mol. The van der Waals surface area contributed by atoms with E-state index in [0.29, 0.717) is 29.1 Å². The van der Waals surface area contributed by atoms with E-state index >= 15 is 0 Å². The molecular formula is C22H23ClN4O3. The number of aromatic amines is 1. The van der Waals surface area contributed by atoms with Crippen molar-refractivity contribution in [3.8, 4) is 11.5 Å². The number of hydrazone groups is 1. The lowest BCUT2D eigenvalue weighted by Crippen LogP contribution is -2.12. The van der Waals surface area contributed by atoms with Crippen LogP contribution in [0.15, 0.2) is 58.4 Å². The molecule has 8 heteroatoms. The molecule has 7 nitrogen and oxygen atoms in total. The summed E-state index contributed by atoms with van der Waals surface area (Å²) >= 11 is 6.17. The van der Waals surface area contributed by atoms with E-state index in [9.17, 15) is 4.79 Å². The van der Waals surface area contributed by atoms with Crippen LogP contribution < -0.4 is 20.5 Å². The SMILES string of the molecule is CCCc1cc(=O)[nH]c(N/N=C/c2ccc(OCc3ccccc3Cl)c(OC)c2)n1. The van der Waals surface area contributed by atoms with Crippen molar-refractivity contribution in [2.75, 3.05) is 12.5 Å². The van der Waals surface area contributed by atoms with Crippen molar-refractivity contribution in [2.24, 2.45) is 5.10 Å². The van der Waals surface area contributed by atoms with Crippen molar-refractivity contribution in [1.29, 1.82) is 0 Å². The molecular weight excluding hydrogens is 404 g/mol. The van der Waals surface area contributed by atoms with Gasteiger partial charge in [0.15, 0.2) is 11.5 Å². The van der Waals surface area contributed by atoms with Crippen LogP contribution in [0.25, 0.3) is 0 Å². The standard InChI is InChI=1S/C22H23ClN4O3/c1-3-6-17-12-21(28)26-22(25-17)27-24-13-15-9-10-19(20(11-15)29-2)30-14-16-7-4-5-8-18(16)23/h4-5,7-13H,3,6,14H2,1-2H3,(H2,25,26,27,28)/b24-13+. The number of H-pyrrole nitrogens is 1.